The van der Waals surface area contributed by atoms with Crippen LogP contribution in [-0.2, 0) is 11.2 Å². The molecule has 0 spiro atoms. The fourth-order valence-corrected chi connectivity index (χ4v) is 5.86. The van der Waals surface area contributed by atoms with Gasteiger partial charge in [0, 0.05) is 11.5 Å². The lowest BCUT2D eigenvalue weighted by atomic mass is 9.38. The number of benzene rings is 1. The highest BCUT2D eigenvalue weighted by molar-refractivity contribution is 5.95. The van der Waals surface area contributed by atoms with E-state index in [1.807, 2.05) is 4.90 Å². The van der Waals surface area contributed by atoms with Gasteiger partial charge in [-0.05, 0) is 67.2 Å². The van der Waals surface area contributed by atoms with E-state index in [2.05, 4.69) is 37.1 Å². The Balaban J connectivity index is 1.63. The van der Waals surface area contributed by atoms with Gasteiger partial charge in [0.1, 0.15) is 5.67 Å². The average Bonchev–Trinajstić information content (AvgIpc) is 2.87. The minimum Gasteiger partial charge on any atom is -0.322 e. The van der Waals surface area contributed by atoms with Crippen molar-refractivity contribution >= 4 is 11.5 Å². The molecule has 1 aromatic rings. The maximum atomic E-state index is 14.2. The van der Waals surface area contributed by atoms with Crippen molar-refractivity contribution in [1.29, 1.82) is 0 Å². The lowest BCUT2D eigenvalue weighted by molar-refractivity contribution is -0.240. The van der Waals surface area contributed by atoms with Gasteiger partial charge in [-0.2, -0.15) is 0 Å². The summed E-state index contributed by atoms with van der Waals surface area (Å²) in [4.78, 5) is 14.4. The topological polar surface area (TPSA) is 20.3 Å². The van der Waals surface area contributed by atoms with Crippen LogP contribution in [0.4, 0.5) is 4.39 Å². The summed E-state index contributed by atoms with van der Waals surface area (Å²) in [6.07, 6.45) is 8.92. The molecule has 1 amide bonds. The third-order valence-corrected chi connectivity index (χ3v) is 6.64. The molecule has 2 bridgehead atoms. The van der Waals surface area contributed by atoms with Crippen LogP contribution in [0.25, 0.3) is 5.57 Å². The molecule has 6 rings (SSSR count). The van der Waals surface area contributed by atoms with E-state index >= 15 is 0 Å². The summed E-state index contributed by atoms with van der Waals surface area (Å²) in [5, 5.41) is 0. The first kappa shape index (κ1) is 14.3. The number of amides is 1. The van der Waals surface area contributed by atoms with E-state index in [-0.39, 0.29) is 23.4 Å². The Hall–Kier alpha value is -2.08. The Kier molecular flexibility index (Phi) is 2.56. The number of carbonyl (C=O) groups excluding carboxylic acids is 1. The van der Waals surface area contributed by atoms with Gasteiger partial charge < -0.3 is 4.90 Å². The summed E-state index contributed by atoms with van der Waals surface area (Å²) >= 11 is 0. The van der Waals surface area contributed by atoms with Gasteiger partial charge in [-0.25, -0.2) is 4.39 Å². The van der Waals surface area contributed by atoms with Crippen molar-refractivity contribution < 1.29 is 9.18 Å². The van der Waals surface area contributed by atoms with Crippen LogP contribution < -0.4 is 0 Å². The van der Waals surface area contributed by atoms with E-state index in [1.165, 1.54) is 22.3 Å². The van der Waals surface area contributed by atoms with E-state index < -0.39 is 5.67 Å². The number of hydrogen-bond donors (Lipinski definition) is 0. The van der Waals surface area contributed by atoms with E-state index in [4.69, 9.17) is 6.42 Å². The highest BCUT2D eigenvalue weighted by Gasteiger charge is 2.74. The lowest BCUT2D eigenvalue weighted by Gasteiger charge is -2.71. The van der Waals surface area contributed by atoms with E-state index in [9.17, 15) is 9.18 Å². The number of halogens is 1. The summed E-state index contributed by atoms with van der Waals surface area (Å²) < 4.78 is 14.2. The third kappa shape index (κ3) is 1.59. The lowest BCUT2D eigenvalue weighted by Crippen LogP contribution is -2.74. The van der Waals surface area contributed by atoms with Crippen molar-refractivity contribution in [2.24, 2.45) is 5.41 Å². The zero-order chi connectivity index (χ0) is 16.7. The van der Waals surface area contributed by atoms with Gasteiger partial charge in [-0.1, -0.05) is 24.3 Å². The van der Waals surface area contributed by atoms with Gasteiger partial charge in [-0.3, -0.25) is 4.79 Å². The second-order valence-electron chi connectivity index (χ2n) is 8.19. The number of rotatable bonds is 1. The van der Waals surface area contributed by atoms with Crippen molar-refractivity contribution in [3.8, 4) is 12.3 Å². The van der Waals surface area contributed by atoms with Gasteiger partial charge in [-0.15, -0.1) is 6.42 Å². The molecule has 3 saturated carbocycles. The smallest absolute Gasteiger partial charge is 0.298 e. The largest absolute Gasteiger partial charge is 0.322 e. The van der Waals surface area contributed by atoms with E-state index in [0.717, 1.165) is 12.8 Å². The normalized spacial score (nSPS) is 38.6. The van der Waals surface area contributed by atoms with Gasteiger partial charge in [0.05, 0.1) is 6.04 Å². The van der Waals surface area contributed by atoms with Crippen molar-refractivity contribution in [3.63, 3.8) is 0 Å². The van der Waals surface area contributed by atoms with Crippen molar-refractivity contribution in [2.75, 3.05) is 0 Å². The maximum Gasteiger partial charge on any atom is 0.298 e. The zero-order valence-electron chi connectivity index (χ0n) is 13.8. The van der Waals surface area contributed by atoms with Crippen molar-refractivity contribution in [3.05, 3.63) is 41.0 Å². The first-order valence-corrected chi connectivity index (χ1v) is 8.74. The third-order valence-electron chi connectivity index (χ3n) is 6.64. The Morgan fingerprint density at radius 2 is 2.04 bits per heavy atom. The van der Waals surface area contributed by atoms with Crippen LogP contribution in [0.5, 0.6) is 0 Å². The van der Waals surface area contributed by atoms with Gasteiger partial charge in [0.15, 0.2) is 0 Å². The zero-order valence-corrected chi connectivity index (χ0v) is 13.8. The molecular formula is C21H20FNO. The molecule has 0 radical (unpaired) electrons. The summed E-state index contributed by atoms with van der Waals surface area (Å²) in [5.74, 6) is 2.07. The van der Waals surface area contributed by atoms with Gasteiger partial charge >= 0.3 is 0 Å². The standard InChI is InChI=1S/C21H20FNO/c1-3-18(24)23-13(2)8-16-15-7-5-4-6-14(15)9-17(16)19(23)20-10-21(22,11-20)12-20/h1,4-7,13,19H,8-12H2,2H3/t13-,19+,20?,21?/m0/s1. The minimum absolute atomic E-state index is 0.0233. The number of carbonyl (C=O) groups is 1. The monoisotopic (exact) mass is 321 g/mol. The van der Waals surface area contributed by atoms with Crippen molar-refractivity contribution in [2.45, 2.75) is 56.8 Å². The minimum atomic E-state index is -0.974. The highest BCUT2D eigenvalue weighted by atomic mass is 19.1. The van der Waals surface area contributed by atoms with Crippen LogP contribution in [0.15, 0.2) is 29.8 Å². The molecule has 4 aliphatic carbocycles. The summed E-state index contributed by atoms with van der Waals surface area (Å²) in [7, 11) is 0. The predicted octanol–water partition coefficient (Wildman–Crippen LogP) is 3.51. The Morgan fingerprint density at radius 1 is 1.33 bits per heavy atom. The summed E-state index contributed by atoms with van der Waals surface area (Å²) in [6, 6.07) is 8.53. The fraction of sp³-hybridized carbons (Fsp3) is 0.476. The van der Waals surface area contributed by atoms with Crippen LogP contribution in [0.2, 0.25) is 0 Å². The fourth-order valence-electron chi connectivity index (χ4n) is 5.86. The first-order chi connectivity index (χ1) is 11.5. The molecule has 122 valence electrons. The predicted molar refractivity (Wildman–Crippen MR) is 90.7 cm³/mol. The quantitative estimate of drug-likeness (QED) is 0.725. The molecule has 0 aromatic heterocycles. The van der Waals surface area contributed by atoms with Crippen molar-refractivity contribution in [1.82, 2.24) is 4.90 Å². The molecular weight excluding hydrogens is 301 g/mol. The van der Waals surface area contributed by atoms with Crippen LogP contribution in [0, 0.1) is 17.8 Å². The number of fused-ring (bicyclic) bond motifs is 2. The molecule has 1 heterocycles. The molecule has 1 aliphatic heterocycles. The first-order valence-electron chi connectivity index (χ1n) is 8.74. The SMILES string of the molecule is C#CC(=O)N1[C@@H](C)CC2=C(Cc3ccccc32)[C@@H]1C12CC(F)(C1)C2. The molecule has 1 aromatic carbocycles. The molecule has 3 fully saturated rings. The second-order valence-corrected chi connectivity index (χ2v) is 8.19. The number of alkyl halides is 1. The molecule has 24 heavy (non-hydrogen) atoms. The molecule has 0 unspecified atom stereocenters. The second kappa shape index (κ2) is 4.30. The van der Waals surface area contributed by atoms with Crippen LogP contribution >= 0.6 is 0 Å². The van der Waals surface area contributed by atoms with E-state index in [0.29, 0.717) is 19.3 Å². The van der Waals surface area contributed by atoms with Crippen LogP contribution in [0.3, 0.4) is 0 Å². The number of terminal acetylenes is 1. The van der Waals surface area contributed by atoms with Gasteiger partial charge in [0.25, 0.3) is 5.91 Å². The van der Waals surface area contributed by atoms with Crippen LogP contribution in [0.1, 0.15) is 43.7 Å². The van der Waals surface area contributed by atoms with Crippen LogP contribution in [-0.4, -0.2) is 28.6 Å². The van der Waals surface area contributed by atoms with Gasteiger partial charge in [0.2, 0.25) is 0 Å². The highest BCUT2D eigenvalue weighted by Crippen LogP contribution is 2.73. The van der Waals surface area contributed by atoms with E-state index in [1.54, 1.807) is 0 Å². The number of hydrogen-bond acceptors (Lipinski definition) is 1. The Labute approximate surface area is 141 Å². The molecule has 3 heteroatoms. The summed E-state index contributed by atoms with van der Waals surface area (Å²) in [5.41, 5.74) is 4.28. The average molecular weight is 321 g/mol. The maximum absolute atomic E-state index is 14.2. The molecule has 0 saturated heterocycles. The Morgan fingerprint density at radius 3 is 2.71 bits per heavy atom. The molecule has 2 nitrogen and oxygen atoms in total. The summed E-state index contributed by atoms with van der Waals surface area (Å²) in [6.45, 7) is 2.07. The molecule has 5 aliphatic rings. The Bertz CT molecular complexity index is 826. The molecule has 0 N–H and O–H groups in total. The number of nitrogens with zero attached hydrogens (tertiary/aromatic N) is 1. The molecule has 2 atom stereocenters.